The van der Waals surface area contributed by atoms with Gasteiger partial charge in [0.2, 0.25) is 0 Å². The quantitative estimate of drug-likeness (QED) is 0.930. The molecule has 1 aliphatic carbocycles. The topological polar surface area (TPSA) is 31.4 Å². The number of anilines is 1. The highest BCUT2D eigenvalue weighted by Crippen LogP contribution is 2.51. The van der Waals surface area contributed by atoms with Crippen LogP contribution in [0, 0.1) is 11.8 Å². The lowest BCUT2D eigenvalue weighted by Crippen LogP contribution is -2.42. The summed E-state index contributed by atoms with van der Waals surface area (Å²) >= 11 is 0. The number of piperidine rings is 1. The van der Waals surface area contributed by atoms with Gasteiger partial charge in [0.15, 0.2) is 0 Å². The standard InChI is InChI=1S/C19H26N4/c1-12(2)15-5-7-20-18(9-15)22-10-16-17(11-22)19(16)23-8-6-13(3)21-14(23)4/h5,7,9,12,16-17,19,21H,3-4,6,8,10-11H2,1-2H3. The van der Waals surface area contributed by atoms with Crippen molar-refractivity contribution in [1.29, 1.82) is 0 Å². The molecule has 1 N–H and O–H groups in total. The number of aromatic nitrogens is 1. The fourth-order valence-corrected chi connectivity index (χ4v) is 4.17. The van der Waals surface area contributed by atoms with Gasteiger partial charge in [-0.1, -0.05) is 27.0 Å². The average molecular weight is 310 g/mol. The first kappa shape index (κ1) is 14.6. The van der Waals surface area contributed by atoms with Crippen molar-refractivity contribution >= 4 is 5.82 Å². The van der Waals surface area contributed by atoms with Crippen molar-refractivity contribution in [2.24, 2.45) is 11.8 Å². The third-order valence-electron chi connectivity index (χ3n) is 5.59. The van der Waals surface area contributed by atoms with Crippen LogP contribution >= 0.6 is 0 Å². The first-order chi connectivity index (χ1) is 11.0. The van der Waals surface area contributed by atoms with Crippen LogP contribution in [0.5, 0.6) is 0 Å². The van der Waals surface area contributed by atoms with Crippen molar-refractivity contribution in [3.63, 3.8) is 0 Å². The number of rotatable bonds is 3. The van der Waals surface area contributed by atoms with E-state index in [0.29, 0.717) is 12.0 Å². The van der Waals surface area contributed by atoms with Gasteiger partial charge < -0.3 is 15.1 Å². The molecule has 4 nitrogen and oxygen atoms in total. The molecule has 2 atom stereocenters. The van der Waals surface area contributed by atoms with E-state index in [9.17, 15) is 0 Å². The summed E-state index contributed by atoms with van der Waals surface area (Å²) in [5, 5.41) is 3.31. The number of pyridine rings is 1. The number of hydrogen-bond acceptors (Lipinski definition) is 4. The van der Waals surface area contributed by atoms with Gasteiger partial charge in [-0.25, -0.2) is 4.98 Å². The molecule has 1 aromatic rings. The summed E-state index contributed by atoms with van der Waals surface area (Å²) in [5.74, 6) is 4.24. The molecule has 4 rings (SSSR count). The minimum atomic E-state index is 0.553. The fraction of sp³-hybridized carbons (Fsp3) is 0.526. The Kier molecular flexibility index (Phi) is 3.36. The van der Waals surface area contributed by atoms with E-state index >= 15 is 0 Å². The lowest BCUT2D eigenvalue weighted by molar-refractivity contribution is 0.269. The molecule has 2 aliphatic heterocycles. The van der Waals surface area contributed by atoms with E-state index in [4.69, 9.17) is 0 Å². The van der Waals surface area contributed by atoms with Crippen LogP contribution in [-0.2, 0) is 0 Å². The molecular weight excluding hydrogens is 284 g/mol. The van der Waals surface area contributed by atoms with Gasteiger partial charge >= 0.3 is 0 Å². The molecule has 2 saturated heterocycles. The molecule has 0 aromatic carbocycles. The Morgan fingerprint density at radius 2 is 2.00 bits per heavy atom. The largest absolute Gasteiger partial charge is 0.356 e. The van der Waals surface area contributed by atoms with Crippen molar-refractivity contribution in [2.45, 2.75) is 32.2 Å². The van der Waals surface area contributed by atoms with Crippen molar-refractivity contribution in [1.82, 2.24) is 15.2 Å². The van der Waals surface area contributed by atoms with E-state index < -0.39 is 0 Å². The van der Waals surface area contributed by atoms with E-state index in [1.807, 2.05) is 6.20 Å². The van der Waals surface area contributed by atoms with Gasteiger partial charge in [-0.05, 0) is 23.6 Å². The van der Waals surface area contributed by atoms with Crippen molar-refractivity contribution in [3.05, 3.63) is 48.6 Å². The van der Waals surface area contributed by atoms with E-state index in [1.54, 1.807) is 0 Å². The smallest absolute Gasteiger partial charge is 0.128 e. The summed E-state index contributed by atoms with van der Waals surface area (Å²) < 4.78 is 0. The molecule has 3 fully saturated rings. The van der Waals surface area contributed by atoms with Crippen LogP contribution in [0.1, 0.15) is 31.7 Å². The highest BCUT2D eigenvalue weighted by molar-refractivity contribution is 5.45. The van der Waals surface area contributed by atoms with Gasteiger partial charge in [-0.3, -0.25) is 0 Å². The first-order valence-corrected chi connectivity index (χ1v) is 8.66. The summed E-state index contributed by atoms with van der Waals surface area (Å²) in [6.07, 6.45) is 2.98. The zero-order chi connectivity index (χ0) is 16.1. The molecule has 0 radical (unpaired) electrons. The highest BCUT2D eigenvalue weighted by Gasteiger charge is 2.59. The van der Waals surface area contributed by atoms with Gasteiger partial charge in [0.05, 0.1) is 5.82 Å². The first-order valence-electron chi connectivity index (χ1n) is 8.66. The molecule has 23 heavy (non-hydrogen) atoms. The molecule has 2 unspecified atom stereocenters. The third-order valence-corrected chi connectivity index (χ3v) is 5.59. The van der Waals surface area contributed by atoms with E-state index in [0.717, 1.165) is 55.2 Å². The normalized spacial score (nSPS) is 29.8. The van der Waals surface area contributed by atoms with Gasteiger partial charge in [0.1, 0.15) is 5.82 Å². The van der Waals surface area contributed by atoms with Crippen LogP contribution < -0.4 is 10.2 Å². The zero-order valence-corrected chi connectivity index (χ0v) is 14.1. The van der Waals surface area contributed by atoms with Crippen molar-refractivity contribution < 1.29 is 0 Å². The Morgan fingerprint density at radius 1 is 1.26 bits per heavy atom. The van der Waals surface area contributed by atoms with E-state index in [-0.39, 0.29) is 0 Å². The molecule has 0 bridgehead atoms. The van der Waals surface area contributed by atoms with Crippen LogP contribution in [0.2, 0.25) is 0 Å². The number of nitrogens with zero attached hydrogens (tertiary/aromatic N) is 3. The van der Waals surface area contributed by atoms with Gasteiger partial charge in [0.25, 0.3) is 0 Å². The minimum Gasteiger partial charge on any atom is -0.356 e. The third kappa shape index (κ3) is 2.50. The van der Waals surface area contributed by atoms with Crippen LogP contribution in [0.25, 0.3) is 0 Å². The highest BCUT2D eigenvalue weighted by atomic mass is 15.3. The van der Waals surface area contributed by atoms with E-state index in [1.165, 1.54) is 5.56 Å². The lowest BCUT2D eigenvalue weighted by Gasteiger charge is -2.35. The molecule has 1 aromatic heterocycles. The average Bonchev–Trinajstić information content (AvgIpc) is 3.01. The molecule has 0 spiro atoms. The predicted molar refractivity (Wildman–Crippen MR) is 94.0 cm³/mol. The predicted octanol–water partition coefficient (Wildman–Crippen LogP) is 2.92. The fourth-order valence-electron chi connectivity index (χ4n) is 4.17. The molecular formula is C19H26N4. The number of hydrogen-bond donors (Lipinski definition) is 1. The van der Waals surface area contributed by atoms with Gasteiger partial charge in [-0.15, -0.1) is 0 Å². The summed E-state index contributed by atoms with van der Waals surface area (Å²) in [4.78, 5) is 9.50. The molecule has 122 valence electrons. The van der Waals surface area contributed by atoms with Crippen LogP contribution in [0.4, 0.5) is 5.82 Å². The second kappa shape index (κ2) is 5.29. The van der Waals surface area contributed by atoms with Crippen LogP contribution in [-0.4, -0.2) is 35.6 Å². The van der Waals surface area contributed by atoms with Crippen LogP contribution in [0.15, 0.2) is 43.0 Å². The summed E-state index contributed by atoms with van der Waals surface area (Å²) in [7, 11) is 0. The molecule has 4 heteroatoms. The van der Waals surface area contributed by atoms with Crippen molar-refractivity contribution in [3.8, 4) is 0 Å². The monoisotopic (exact) mass is 310 g/mol. The summed E-state index contributed by atoms with van der Waals surface area (Å²) in [5.41, 5.74) is 2.47. The Balaban J connectivity index is 1.41. The molecule has 0 amide bonds. The van der Waals surface area contributed by atoms with Gasteiger partial charge in [0, 0.05) is 55.8 Å². The maximum atomic E-state index is 4.59. The Bertz CT molecular complexity index is 639. The number of fused-ring (bicyclic) bond motifs is 1. The molecule has 3 aliphatic rings. The Morgan fingerprint density at radius 3 is 2.65 bits per heavy atom. The Hall–Kier alpha value is -1.97. The summed E-state index contributed by atoms with van der Waals surface area (Å²) in [6, 6.07) is 5.05. The lowest BCUT2D eigenvalue weighted by atomic mass is 10.1. The molecule has 1 saturated carbocycles. The van der Waals surface area contributed by atoms with E-state index in [2.05, 4.69) is 59.2 Å². The molecule has 3 heterocycles. The van der Waals surface area contributed by atoms with Gasteiger partial charge in [-0.2, -0.15) is 0 Å². The van der Waals surface area contributed by atoms with Crippen molar-refractivity contribution in [2.75, 3.05) is 24.5 Å². The SMILES string of the molecule is C=C1CCN(C2C3CN(c4cc(C(C)C)ccn4)CC32)C(=C)N1. The number of nitrogens with one attached hydrogen (secondary N) is 1. The maximum Gasteiger partial charge on any atom is 0.128 e. The minimum absolute atomic E-state index is 0.553. The second-order valence-corrected chi connectivity index (χ2v) is 7.44. The summed E-state index contributed by atoms with van der Waals surface area (Å²) in [6.45, 7) is 16.0. The zero-order valence-electron chi connectivity index (χ0n) is 14.1. The maximum absolute atomic E-state index is 4.59. The Labute approximate surface area is 138 Å². The van der Waals surface area contributed by atoms with Crippen LogP contribution in [0.3, 0.4) is 0 Å². The second-order valence-electron chi connectivity index (χ2n) is 7.44.